The molecule has 8 nitrogen and oxygen atoms in total. The minimum atomic E-state index is -0.188. The summed E-state index contributed by atoms with van der Waals surface area (Å²) in [6.07, 6.45) is 0.696. The monoisotopic (exact) mass is 412 g/mol. The van der Waals surface area contributed by atoms with Gasteiger partial charge in [0.2, 0.25) is 17.8 Å². The number of benzene rings is 2. The minimum Gasteiger partial charge on any atom is -0.465 e. The number of carbonyl (C=O) groups excluding carboxylic acids is 1. The largest absolute Gasteiger partial charge is 0.465 e. The van der Waals surface area contributed by atoms with Crippen molar-refractivity contribution < 1.29 is 9.53 Å². The van der Waals surface area contributed by atoms with Crippen LogP contribution in [0.1, 0.15) is 6.42 Å². The Morgan fingerprint density at radius 1 is 0.828 bits per heavy atom. The maximum absolute atomic E-state index is 11.7. The van der Waals surface area contributed by atoms with Crippen LogP contribution in [0.5, 0.6) is 0 Å². The Balaban J connectivity index is 0.00000240. The maximum atomic E-state index is 11.7. The molecule has 1 atom stereocenters. The van der Waals surface area contributed by atoms with Gasteiger partial charge in [0.05, 0.1) is 12.5 Å². The number of nitrogens with one attached hydrogen (secondary N) is 3. The number of hydrogen-bond acceptors (Lipinski definition) is 8. The molecule has 0 aliphatic carbocycles. The molecule has 2 aromatic carbocycles. The molecule has 3 N–H and O–H groups in total. The van der Waals surface area contributed by atoms with Gasteiger partial charge >= 0.3 is 5.97 Å². The van der Waals surface area contributed by atoms with Crippen molar-refractivity contribution in [3.8, 4) is 0 Å². The summed E-state index contributed by atoms with van der Waals surface area (Å²) in [6, 6.07) is 19.3. The molecule has 0 bridgehead atoms. The Bertz CT molecular complexity index is 882. The molecule has 4 rings (SSSR count). The van der Waals surface area contributed by atoms with Gasteiger partial charge in [0.1, 0.15) is 0 Å². The number of cyclic esters (lactones) is 1. The van der Waals surface area contributed by atoms with Crippen LogP contribution in [0.25, 0.3) is 0 Å². The van der Waals surface area contributed by atoms with Crippen LogP contribution >= 0.6 is 12.4 Å². The number of anilines is 5. The summed E-state index contributed by atoms with van der Waals surface area (Å²) < 4.78 is 5.00. The van der Waals surface area contributed by atoms with Crippen LogP contribution in [0, 0.1) is 5.92 Å². The van der Waals surface area contributed by atoms with Crippen molar-refractivity contribution in [1.29, 1.82) is 0 Å². The normalized spacial score (nSPS) is 15.2. The molecule has 1 saturated heterocycles. The molecule has 3 aromatic rings. The lowest BCUT2D eigenvalue weighted by atomic mass is 10.1. The number of esters is 1. The fourth-order valence-electron chi connectivity index (χ4n) is 2.81. The number of carbonyl (C=O) groups is 1. The van der Waals surface area contributed by atoms with Gasteiger partial charge in [-0.2, -0.15) is 15.0 Å². The highest BCUT2D eigenvalue weighted by Gasteiger charge is 2.26. The number of nitrogens with zero attached hydrogens (tertiary/aromatic N) is 3. The fourth-order valence-corrected chi connectivity index (χ4v) is 2.81. The zero-order valence-electron chi connectivity index (χ0n) is 15.5. The quantitative estimate of drug-likeness (QED) is 0.504. The second kappa shape index (κ2) is 9.70. The van der Waals surface area contributed by atoms with Crippen LogP contribution in [0.4, 0.5) is 29.2 Å². The smallest absolute Gasteiger partial charge is 0.310 e. The first-order chi connectivity index (χ1) is 13.8. The summed E-state index contributed by atoms with van der Waals surface area (Å²) >= 11 is 0. The molecule has 1 aromatic heterocycles. The molecule has 2 heterocycles. The summed E-state index contributed by atoms with van der Waals surface area (Å²) in [5, 5.41) is 9.47. The number of hydrogen-bond donors (Lipinski definition) is 3. The number of aromatic nitrogens is 3. The first-order valence-electron chi connectivity index (χ1n) is 9.07. The van der Waals surface area contributed by atoms with Crippen molar-refractivity contribution in [2.45, 2.75) is 6.42 Å². The van der Waals surface area contributed by atoms with Crippen LogP contribution in [-0.2, 0) is 9.53 Å². The SMILES string of the molecule is Cl.O=C1OCCC1CNc1nc(Nc2ccccc2)nc(Nc2ccccc2)n1. The Labute approximate surface area is 174 Å². The third-order valence-corrected chi connectivity index (χ3v) is 4.25. The topological polar surface area (TPSA) is 101 Å². The van der Waals surface area contributed by atoms with E-state index >= 15 is 0 Å². The summed E-state index contributed by atoms with van der Waals surface area (Å²) in [4.78, 5) is 25.0. The molecule has 1 aliphatic rings. The second-order valence-corrected chi connectivity index (χ2v) is 6.32. The van der Waals surface area contributed by atoms with E-state index in [1.54, 1.807) is 0 Å². The van der Waals surface area contributed by atoms with Gasteiger partial charge in [0.15, 0.2) is 0 Å². The van der Waals surface area contributed by atoms with E-state index in [4.69, 9.17) is 4.74 Å². The van der Waals surface area contributed by atoms with Crippen molar-refractivity contribution in [2.75, 3.05) is 29.1 Å². The standard InChI is InChI=1S/C20H20N6O2.ClH/c27-17-14(11-12-28-17)13-21-18-24-19(22-15-7-3-1-4-8-15)26-20(25-18)23-16-9-5-2-6-10-16;/h1-10,14H,11-13H2,(H3,21,22,23,24,25,26);1H. The molecule has 29 heavy (non-hydrogen) atoms. The Kier molecular flexibility index (Phi) is 6.80. The van der Waals surface area contributed by atoms with E-state index in [1.165, 1.54) is 0 Å². The molecule has 1 unspecified atom stereocenters. The van der Waals surface area contributed by atoms with Gasteiger partial charge in [-0.3, -0.25) is 4.79 Å². The van der Waals surface area contributed by atoms with E-state index in [1.807, 2.05) is 60.7 Å². The third-order valence-electron chi connectivity index (χ3n) is 4.25. The number of para-hydroxylation sites is 2. The summed E-state index contributed by atoms with van der Waals surface area (Å²) in [6.45, 7) is 0.877. The van der Waals surface area contributed by atoms with Crippen molar-refractivity contribution in [3.05, 3.63) is 60.7 Å². The Morgan fingerprint density at radius 3 is 1.83 bits per heavy atom. The summed E-state index contributed by atoms with van der Waals surface area (Å²) in [5.41, 5.74) is 1.73. The maximum Gasteiger partial charge on any atom is 0.310 e. The van der Waals surface area contributed by atoms with Crippen LogP contribution in [0.15, 0.2) is 60.7 Å². The van der Waals surface area contributed by atoms with Gasteiger partial charge in [0, 0.05) is 17.9 Å². The van der Waals surface area contributed by atoms with Crippen LogP contribution < -0.4 is 16.0 Å². The zero-order chi connectivity index (χ0) is 19.2. The van der Waals surface area contributed by atoms with Gasteiger partial charge in [-0.15, -0.1) is 12.4 Å². The lowest BCUT2D eigenvalue weighted by Gasteiger charge is -2.12. The first-order valence-corrected chi connectivity index (χ1v) is 9.07. The first kappa shape index (κ1) is 20.3. The molecular weight excluding hydrogens is 392 g/mol. The Hall–Kier alpha value is -3.39. The van der Waals surface area contributed by atoms with Crippen molar-refractivity contribution >= 4 is 47.6 Å². The number of ether oxygens (including phenoxy) is 1. The summed E-state index contributed by atoms with van der Waals surface area (Å²) in [7, 11) is 0. The number of halogens is 1. The van der Waals surface area contributed by atoms with Gasteiger partial charge in [-0.25, -0.2) is 0 Å². The van der Waals surface area contributed by atoms with E-state index in [0.29, 0.717) is 37.4 Å². The average Bonchev–Trinajstić information content (AvgIpc) is 3.13. The van der Waals surface area contributed by atoms with E-state index in [2.05, 4.69) is 30.9 Å². The van der Waals surface area contributed by atoms with E-state index in [0.717, 1.165) is 11.4 Å². The number of rotatable bonds is 7. The molecular formula is C20H21ClN6O2. The molecule has 0 spiro atoms. The Morgan fingerprint density at radius 2 is 1.34 bits per heavy atom. The highest BCUT2D eigenvalue weighted by atomic mass is 35.5. The molecule has 0 radical (unpaired) electrons. The van der Waals surface area contributed by atoms with Crippen LogP contribution in [-0.4, -0.2) is 34.1 Å². The highest BCUT2D eigenvalue weighted by molar-refractivity contribution is 5.85. The van der Waals surface area contributed by atoms with Gasteiger partial charge in [-0.1, -0.05) is 36.4 Å². The van der Waals surface area contributed by atoms with Crippen LogP contribution in [0.3, 0.4) is 0 Å². The fraction of sp³-hybridized carbons (Fsp3) is 0.200. The van der Waals surface area contributed by atoms with E-state index < -0.39 is 0 Å². The predicted molar refractivity (Wildman–Crippen MR) is 114 cm³/mol. The van der Waals surface area contributed by atoms with Crippen LogP contribution in [0.2, 0.25) is 0 Å². The van der Waals surface area contributed by atoms with Crippen molar-refractivity contribution in [3.63, 3.8) is 0 Å². The lowest BCUT2D eigenvalue weighted by Crippen LogP contribution is -2.20. The van der Waals surface area contributed by atoms with Gasteiger partial charge < -0.3 is 20.7 Å². The van der Waals surface area contributed by atoms with Crippen molar-refractivity contribution in [1.82, 2.24) is 15.0 Å². The van der Waals surface area contributed by atoms with E-state index in [-0.39, 0.29) is 24.3 Å². The van der Waals surface area contributed by atoms with E-state index in [9.17, 15) is 4.79 Å². The highest BCUT2D eigenvalue weighted by Crippen LogP contribution is 2.20. The molecule has 1 fully saturated rings. The molecule has 150 valence electrons. The summed E-state index contributed by atoms with van der Waals surface area (Å²) in [5.74, 6) is 0.804. The lowest BCUT2D eigenvalue weighted by molar-refractivity contribution is -0.140. The second-order valence-electron chi connectivity index (χ2n) is 6.32. The molecule has 0 saturated carbocycles. The molecule has 0 amide bonds. The van der Waals surface area contributed by atoms with Crippen molar-refractivity contribution in [2.24, 2.45) is 5.92 Å². The predicted octanol–water partition coefficient (Wildman–Crippen LogP) is 3.76. The molecule has 1 aliphatic heterocycles. The van der Waals surface area contributed by atoms with Gasteiger partial charge in [0.25, 0.3) is 0 Å². The third kappa shape index (κ3) is 5.55. The molecule has 9 heteroatoms. The van der Waals surface area contributed by atoms with Gasteiger partial charge in [-0.05, 0) is 30.7 Å². The average molecular weight is 413 g/mol. The minimum absolute atomic E-state index is 0. The zero-order valence-corrected chi connectivity index (χ0v) is 16.4.